The normalized spacial score (nSPS) is 22.6. The van der Waals surface area contributed by atoms with Gasteiger partial charge in [0, 0.05) is 39.5 Å². The Bertz CT molecular complexity index is 2730. The Morgan fingerprint density at radius 3 is 1.46 bits per heavy atom. The Kier molecular flexibility index (Phi) is 8.70. The lowest BCUT2D eigenvalue weighted by Gasteiger charge is -2.57. The number of hydrogen-bond acceptors (Lipinski definition) is 2. The van der Waals surface area contributed by atoms with E-state index < -0.39 is 0 Å². The van der Waals surface area contributed by atoms with Crippen LogP contribution >= 0.6 is 0 Å². The molecule has 2 heteroatoms. The predicted octanol–water partition coefficient (Wildman–Crippen LogP) is 15.3. The van der Waals surface area contributed by atoms with Gasteiger partial charge in [-0.2, -0.15) is 0 Å². The van der Waals surface area contributed by atoms with Gasteiger partial charge in [-0.15, -0.1) is 0 Å². The van der Waals surface area contributed by atoms with Crippen LogP contribution in [0.3, 0.4) is 0 Å². The third-order valence-corrected chi connectivity index (χ3v) is 15.8. The molecule has 9 aliphatic carbocycles. The Morgan fingerprint density at radius 2 is 0.885 bits per heavy atom. The van der Waals surface area contributed by atoms with E-state index in [0.717, 1.165) is 43.4 Å². The molecule has 7 aromatic carbocycles. The van der Waals surface area contributed by atoms with E-state index in [1.807, 2.05) is 0 Å². The zero-order chi connectivity index (χ0) is 40.7. The molecule has 302 valence electrons. The average Bonchev–Trinajstić information content (AvgIpc) is 3.51. The van der Waals surface area contributed by atoms with Crippen LogP contribution in [-0.4, -0.2) is 0 Å². The van der Waals surface area contributed by atoms with E-state index in [9.17, 15) is 0 Å². The van der Waals surface area contributed by atoms with Crippen molar-refractivity contribution < 1.29 is 0 Å². The van der Waals surface area contributed by atoms with Crippen LogP contribution in [0.1, 0.15) is 91.3 Å². The second kappa shape index (κ2) is 14.4. The maximum Gasteiger partial charge on any atom is 0.0496 e. The molecule has 7 aromatic rings. The van der Waals surface area contributed by atoms with Gasteiger partial charge >= 0.3 is 0 Å². The highest BCUT2D eigenvalue weighted by Crippen LogP contribution is 2.61. The van der Waals surface area contributed by atoms with Crippen molar-refractivity contribution in [3.8, 4) is 11.1 Å². The molecule has 4 saturated carbocycles. The monoisotopic (exact) mass is 792 g/mol. The summed E-state index contributed by atoms with van der Waals surface area (Å²) in [6, 6.07) is 62.9. The number of hydrogen-bond donors (Lipinski definition) is 0. The number of nitrogens with zero attached hydrogens (tertiary/aromatic N) is 2. The first-order valence-corrected chi connectivity index (χ1v) is 23.2. The standard InChI is InChI=1S/C59H56N2/c1-58(2)54-16-10-9-15-52(54)53-30-29-51(36-55(53)58)61(49-13-7-4-8-14-49)57-35-41-18-22-45-21-17-40(19-23-46(57)24-20-41)34-56(45)60(48-11-5-3-6-12-48)50-27-25-47(26-28-50)59-37-42-31-43(38-59)33-44(32-42)39-59/h3-17,20-21,24-30,34-36,42-44H,18-19,22-23,31-33,37-39H2,1-2H3. The van der Waals surface area contributed by atoms with Crippen molar-refractivity contribution in [1.82, 2.24) is 0 Å². The summed E-state index contributed by atoms with van der Waals surface area (Å²) < 4.78 is 0. The number of aryl methyl sites for hydroxylation is 4. The maximum atomic E-state index is 2.55. The molecule has 0 radical (unpaired) electrons. The molecule has 0 unspecified atom stereocenters. The van der Waals surface area contributed by atoms with E-state index in [1.165, 1.54) is 117 Å². The molecule has 0 spiro atoms. The second-order valence-electron chi connectivity index (χ2n) is 19.9. The highest BCUT2D eigenvalue weighted by atomic mass is 15.2. The first-order chi connectivity index (χ1) is 29.9. The lowest BCUT2D eigenvalue weighted by atomic mass is 9.48. The number of para-hydroxylation sites is 2. The lowest BCUT2D eigenvalue weighted by molar-refractivity contribution is -0.00518. The van der Waals surface area contributed by atoms with E-state index in [-0.39, 0.29) is 5.41 Å². The quantitative estimate of drug-likeness (QED) is 0.159. The van der Waals surface area contributed by atoms with Crippen molar-refractivity contribution in [2.75, 3.05) is 9.80 Å². The van der Waals surface area contributed by atoms with Crippen LogP contribution in [0.4, 0.5) is 34.1 Å². The first-order valence-electron chi connectivity index (χ1n) is 23.2. The van der Waals surface area contributed by atoms with Crippen molar-refractivity contribution in [2.45, 2.75) is 88.9 Å². The second-order valence-corrected chi connectivity index (χ2v) is 19.9. The van der Waals surface area contributed by atoms with Crippen molar-refractivity contribution in [1.29, 1.82) is 0 Å². The van der Waals surface area contributed by atoms with Crippen molar-refractivity contribution >= 4 is 34.1 Å². The molecule has 8 bridgehead atoms. The molecular weight excluding hydrogens is 737 g/mol. The van der Waals surface area contributed by atoms with Crippen molar-refractivity contribution in [3.05, 3.63) is 203 Å². The highest BCUT2D eigenvalue weighted by molar-refractivity contribution is 5.86. The Labute approximate surface area is 362 Å². The first kappa shape index (κ1) is 36.9. The van der Waals surface area contributed by atoms with Gasteiger partial charge in [0.05, 0.1) is 0 Å². The highest BCUT2D eigenvalue weighted by Gasteiger charge is 2.51. The topological polar surface area (TPSA) is 6.48 Å². The van der Waals surface area contributed by atoms with Gasteiger partial charge in [-0.05, 0) is 198 Å². The van der Waals surface area contributed by atoms with Crippen LogP contribution in [0.25, 0.3) is 11.1 Å². The van der Waals surface area contributed by atoms with Crippen LogP contribution in [0.15, 0.2) is 164 Å². The van der Waals surface area contributed by atoms with Gasteiger partial charge in [-0.3, -0.25) is 0 Å². The van der Waals surface area contributed by atoms with Crippen LogP contribution < -0.4 is 9.80 Å². The van der Waals surface area contributed by atoms with E-state index >= 15 is 0 Å². The summed E-state index contributed by atoms with van der Waals surface area (Å²) >= 11 is 0. The summed E-state index contributed by atoms with van der Waals surface area (Å²) in [4.78, 5) is 5.08. The molecule has 0 heterocycles. The summed E-state index contributed by atoms with van der Waals surface area (Å²) in [6.07, 6.45) is 12.5. The predicted molar refractivity (Wildman–Crippen MR) is 254 cm³/mol. The summed E-state index contributed by atoms with van der Waals surface area (Å²) in [6.45, 7) is 4.77. The average molecular weight is 793 g/mol. The minimum absolute atomic E-state index is 0.0699. The molecule has 0 aromatic heterocycles. The number of anilines is 6. The van der Waals surface area contributed by atoms with Gasteiger partial charge in [0.15, 0.2) is 0 Å². The molecule has 61 heavy (non-hydrogen) atoms. The van der Waals surface area contributed by atoms with E-state index in [2.05, 4.69) is 187 Å². The maximum absolute atomic E-state index is 2.55. The summed E-state index contributed by atoms with van der Waals surface area (Å²) in [5.74, 6) is 2.84. The number of fused-ring (bicyclic) bond motifs is 3. The molecule has 16 rings (SSSR count). The van der Waals surface area contributed by atoms with E-state index in [1.54, 1.807) is 5.56 Å². The Hall–Kier alpha value is -5.86. The zero-order valence-corrected chi connectivity index (χ0v) is 35.8. The Morgan fingerprint density at radius 1 is 0.410 bits per heavy atom. The number of benzene rings is 7. The van der Waals surface area contributed by atoms with Gasteiger partial charge in [0.25, 0.3) is 0 Å². The number of rotatable bonds is 7. The molecular formula is C59H56N2. The fraction of sp³-hybridized carbons (Fsp3) is 0.288. The van der Waals surface area contributed by atoms with Crippen LogP contribution in [0.5, 0.6) is 0 Å². The van der Waals surface area contributed by atoms with Gasteiger partial charge in [0.1, 0.15) is 0 Å². The fourth-order valence-electron chi connectivity index (χ4n) is 13.2. The van der Waals surface area contributed by atoms with Crippen LogP contribution in [0.2, 0.25) is 0 Å². The lowest BCUT2D eigenvalue weighted by Crippen LogP contribution is -2.48. The van der Waals surface area contributed by atoms with Gasteiger partial charge in [0.2, 0.25) is 0 Å². The third kappa shape index (κ3) is 6.28. The largest absolute Gasteiger partial charge is 0.310 e. The molecule has 0 amide bonds. The van der Waals surface area contributed by atoms with Gasteiger partial charge < -0.3 is 9.80 Å². The summed E-state index contributed by atoms with van der Waals surface area (Å²) in [5.41, 5.74) is 20.5. The SMILES string of the molecule is CC1(C)c2ccccc2-c2ccc(N(c3ccccc3)c3cc4ccc3CCc3ccc(c(N(c5ccccc5)c5ccc(C67CC8CC(CC(C8)C6)C7)cc5)c3)CC4)cc21. The molecule has 0 atom stereocenters. The fourth-order valence-corrected chi connectivity index (χ4v) is 13.2. The molecule has 4 fully saturated rings. The van der Waals surface area contributed by atoms with Crippen molar-refractivity contribution in [3.63, 3.8) is 0 Å². The molecule has 9 aliphatic rings. The van der Waals surface area contributed by atoms with Crippen molar-refractivity contribution in [2.24, 2.45) is 17.8 Å². The molecule has 0 aliphatic heterocycles. The van der Waals surface area contributed by atoms with E-state index in [4.69, 9.17) is 0 Å². The minimum Gasteiger partial charge on any atom is -0.310 e. The van der Waals surface area contributed by atoms with Gasteiger partial charge in [-0.1, -0.05) is 117 Å². The minimum atomic E-state index is -0.0699. The van der Waals surface area contributed by atoms with Crippen LogP contribution in [-0.2, 0) is 36.5 Å². The molecule has 0 saturated heterocycles. The van der Waals surface area contributed by atoms with E-state index in [0.29, 0.717) is 5.41 Å². The van der Waals surface area contributed by atoms with Crippen LogP contribution in [0, 0.1) is 17.8 Å². The zero-order valence-electron chi connectivity index (χ0n) is 35.8. The third-order valence-electron chi connectivity index (χ3n) is 15.8. The molecule has 0 N–H and O–H groups in total. The molecule has 2 nitrogen and oxygen atoms in total. The summed E-state index contributed by atoms with van der Waals surface area (Å²) in [5, 5.41) is 0. The summed E-state index contributed by atoms with van der Waals surface area (Å²) in [7, 11) is 0. The Balaban J connectivity index is 0.909. The smallest absolute Gasteiger partial charge is 0.0496 e. The van der Waals surface area contributed by atoms with Gasteiger partial charge in [-0.25, -0.2) is 0 Å².